The summed E-state index contributed by atoms with van der Waals surface area (Å²) >= 11 is 0. The Morgan fingerprint density at radius 1 is 0.471 bits per heavy atom. The van der Waals surface area contributed by atoms with Crippen molar-refractivity contribution in [3.05, 3.63) is 126 Å². The van der Waals surface area contributed by atoms with Gasteiger partial charge in [-0.25, -0.2) is 9.97 Å². The standard InChI is InChI=1S/C53H62N20O12/c1-66-14-13-55-43(66)52(84)61-30-19-37(70(5)23-30)49(81)59-28-18-36(69(4)21-28)48(80)58-27-16-35(67(2)20-27)47(79)57-12-10-31(54)45(77)65-38-26-73(8)44(64-38)53(85)63-33-25-72(7)40(42(33)76)51(83)62-32-24-71(6)39(41(32)75)50(82)60-29-17-34(68(3)22-29)46(78)56-11-9-15-74/h13-14,16-26,31,74-76H,9-12,15,54H2,1-8H3,(H,56,78)(H,57,79)(H,58,80)(H,59,81)(H,60,82)(H,61,84)(H,62,83)(H,63,85)(H,65,77)/t31-/m1/s1. The highest BCUT2D eigenvalue weighted by Gasteiger charge is 2.28. The second-order valence-electron chi connectivity index (χ2n) is 19.7. The van der Waals surface area contributed by atoms with Gasteiger partial charge < -0.3 is 105 Å². The molecule has 8 rings (SSSR count). The van der Waals surface area contributed by atoms with Crippen LogP contribution in [0.2, 0.25) is 0 Å². The summed E-state index contributed by atoms with van der Waals surface area (Å²) in [6, 6.07) is 4.70. The summed E-state index contributed by atoms with van der Waals surface area (Å²) in [5, 5.41) is 54.8. The molecule has 0 aliphatic heterocycles. The zero-order valence-electron chi connectivity index (χ0n) is 47.2. The van der Waals surface area contributed by atoms with Crippen molar-refractivity contribution in [2.45, 2.75) is 18.9 Å². The van der Waals surface area contributed by atoms with Gasteiger partial charge in [0.1, 0.15) is 34.2 Å². The van der Waals surface area contributed by atoms with Gasteiger partial charge in [0.15, 0.2) is 34.5 Å². The number of aromatic nitrogens is 10. The van der Waals surface area contributed by atoms with Crippen molar-refractivity contribution >= 4 is 93.1 Å². The van der Waals surface area contributed by atoms with E-state index >= 15 is 0 Å². The molecule has 0 aliphatic carbocycles. The largest absolute Gasteiger partial charge is 0.504 e. The second-order valence-corrected chi connectivity index (χ2v) is 19.7. The number of amides is 9. The number of nitrogens with zero attached hydrogens (tertiary/aromatic N) is 10. The number of imidazole rings is 2. The zero-order chi connectivity index (χ0) is 61.7. The van der Waals surface area contributed by atoms with Gasteiger partial charge in [-0.1, -0.05) is 0 Å². The van der Waals surface area contributed by atoms with Crippen molar-refractivity contribution in [3.8, 4) is 11.5 Å². The number of rotatable bonds is 22. The minimum Gasteiger partial charge on any atom is -0.504 e. The van der Waals surface area contributed by atoms with Gasteiger partial charge in [-0.2, -0.15) is 0 Å². The van der Waals surface area contributed by atoms with Gasteiger partial charge in [0.05, 0.1) is 28.8 Å². The number of anilines is 7. The maximum atomic E-state index is 13.5. The fraction of sp³-hybridized carbons (Fsp3) is 0.264. The molecule has 0 saturated carbocycles. The number of aromatic hydroxyl groups is 2. The summed E-state index contributed by atoms with van der Waals surface area (Å²) in [4.78, 5) is 127. The number of hydrogen-bond donors (Lipinski definition) is 13. The average molecular weight is 1170 g/mol. The Bertz CT molecular complexity index is 3950. The quantitative estimate of drug-likeness (QED) is 0.0426. The highest BCUT2D eigenvalue weighted by Crippen LogP contribution is 2.34. The predicted molar refractivity (Wildman–Crippen MR) is 308 cm³/mol. The molecule has 14 N–H and O–H groups in total. The van der Waals surface area contributed by atoms with E-state index in [2.05, 4.69) is 57.8 Å². The van der Waals surface area contributed by atoms with Crippen LogP contribution in [0.3, 0.4) is 0 Å². The average Bonchev–Trinajstić information content (AvgIpc) is 3.53. The van der Waals surface area contributed by atoms with Crippen LogP contribution in [0.15, 0.2) is 80.0 Å². The molecule has 8 heterocycles. The van der Waals surface area contributed by atoms with Crippen LogP contribution in [0.4, 0.5) is 39.9 Å². The first-order chi connectivity index (χ1) is 40.3. The maximum absolute atomic E-state index is 13.5. The van der Waals surface area contributed by atoms with E-state index in [4.69, 9.17) is 10.8 Å². The second kappa shape index (κ2) is 24.9. The lowest BCUT2D eigenvalue weighted by molar-refractivity contribution is -0.117. The van der Waals surface area contributed by atoms with Gasteiger partial charge in [-0.15, -0.1) is 0 Å². The smallest absolute Gasteiger partial charge is 0.291 e. The summed E-state index contributed by atoms with van der Waals surface area (Å²) in [7, 11) is 12.5. The van der Waals surface area contributed by atoms with Gasteiger partial charge in [-0.05, 0) is 37.1 Å². The molecule has 0 spiro atoms. The number of carbonyl (C=O) groups is 9. The molecule has 8 aromatic rings. The van der Waals surface area contributed by atoms with E-state index in [1.807, 2.05) is 0 Å². The molecule has 0 aromatic carbocycles. The fourth-order valence-corrected chi connectivity index (χ4v) is 8.98. The van der Waals surface area contributed by atoms with Crippen molar-refractivity contribution in [1.82, 2.24) is 57.1 Å². The third-order valence-electron chi connectivity index (χ3n) is 13.3. The molecule has 0 unspecified atom stereocenters. The van der Waals surface area contributed by atoms with Crippen LogP contribution in [0, 0.1) is 0 Å². The lowest BCUT2D eigenvalue weighted by atomic mass is 10.2. The molecule has 0 aliphatic rings. The van der Waals surface area contributed by atoms with E-state index in [1.165, 1.54) is 115 Å². The zero-order valence-corrected chi connectivity index (χ0v) is 47.2. The highest BCUT2D eigenvalue weighted by molar-refractivity contribution is 6.13. The molecule has 0 saturated heterocycles. The molecule has 85 heavy (non-hydrogen) atoms. The summed E-state index contributed by atoms with van der Waals surface area (Å²) < 4.78 is 11.3. The van der Waals surface area contributed by atoms with Gasteiger partial charge >= 0.3 is 0 Å². The molecule has 9 amide bonds. The molecule has 446 valence electrons. The van der Waals surface area contributed by atoms with E-state index in [-0.39, 0.29) is 100 Å². The van der Waals surface area contributed by atoms with Crippen LogP contribution in [0.5, 0.6) is 11.5 Å². The molecular formula is C53H62N20O12. The molecule has 1 atom stereocenters. The maximum Gasteiger partial charge on any atom is 0.291 e. The van der Waals surface area contributed by atoms with Crippen molar-refractivity contribution < 1.29 is 58.5 Å². The molecule has 32 heteroatoms. The first-order valence-electron chi connectivity index (χ1n) is 25.9. The summed E-state index contributed by atoms with van der Waals surface area (Å²) in [5.41, 5.74) is 7.18. The third-order valence-corrected chi connectivity index (χ3v) is 13.3. The SMILES string of the molecule is Cn1cc(NC(=O)c2c(O)c(NC(=O)c3c(O)c(NC(=O)c4nc(NC(=O)[C@H](N)CCNC(=O)c5cc(NC(=O)c6cc(NC(=O)c7cc(NC(=O)c8nccn8C)cn7C)cn6C)cn5C)cn4C)cn3C)cn2C)cc1C(=O)NCCCO. The van der Waals surface area contributed by atoms with E-state index in [9.17, 15) is 53.4 Å². The number of aliphatic hydroxyl groups is 1. The van der Waals surface area contributed by atoms with Crippen molar-refractivity contribution in [2.24, 2.45) is 62.1 Å². The Morgan fingerprint density at radius 2 is 0.882 bits per heavy atom. The molecule has 0 radical (unpaired) electrons. The monoisotopic (exact) mass is 1170 g/mol. The van der Waals surface area contributed by atoms with Crippen LogP contribution in [-0.4, -0.2) is 141 Å². The number of nitrogens with one attached hydrogen (secondary N) is 9. The molecule has 8 aromatic heterocycles. The van der Waals surface area contributed by atoms with Gasteiger partial charge in [0.25, 0.3) is 47.3 Å². The lowest BCUT2D eigenvalue weighted by Gasteiger charge is -2.12. The first-order valence-corrected chi connectivity index (χ1v) is 25.9. The highest BCUT2D eigenvalue weighted by atomic mass is 16.3. The lowest BCUT2D eigenvalue weighted by Crippen LogP contribution is -2.39. The van der Waals surface area contributed by atoms with Gasteiger partial charge in [0, 0.05) is 132 Å². The van der Waals surface area contributed by atoms with Crippen LogP contribution in [0.25, 0.3) is 0 Å². The van der Waals surface area contributed by atoms with Crippen LogP contribution in [-0.2, 0) is 61.2 Å². The summed E-state index contributed by atoms with van der Waals surface area (Å²) in [6.07, 6.45) is 13.4. The van der Waals surface area contributed by atoms with Crippen LogP contribution >= 0.6 is 0 Å². The summed E-state index contributed by atoms with van der Waals surface area (Å²) in [5.74, 6) is -7.07. The third kappa shape index (κ3) is 13.3. The van der Waals surface area contributed by atoms with E-state index in [1.54, 1.807) is 58.4 Å². The normalized spacial score (nSPS) is 11.4. The Balaban J connectivity index is 0.792. The number of carbonyl (C=O) groups excluding carboxylic acids is 9. The number of aryl methyl sites for hydroxylation is 8. The fourth-order valence-electron chi connectivity index (χ4n) is 8.98. The van der Waals surface area contributed by atoms with Crippen molar-refractivity contribution in [1.29, 1.82) is 0 Å². The van der Waals surface area contributed by atoms with E-state index in [0.29, 0.717) is 17.8 Å². The Morgan fingerprint density at radius 3 is 1.34 bits per heavy atom. The molecule has 0 bridgehead atoms. The Labute approximate surface area is 482 Å². The summed E-state index contributed by atoms with van der Waals surface area (Å²) in [6.45, 7) is 0.0983. The first kappa shape index (κ1) is 60.0. The van der Waals surface area contributed by atoms with Crippen LogP contribution in [0.1, 0.15) is 97.0 Å². The van der Waals surface area contributed by atoms with Crippen molar-refractivity contribution in [2.75, 3.05) is 56.9 Å². The van der Waals surface area contributed by atoms with E-state index < -0.39 is 70.7 Å². The van der Waals surface area contributed by atoms with Crippen molar-refractivity contribution in [3.63, 3.8) is 0 Å². The Hall–Kier alpha value is -11.2. The molecular weight excluding hydrogens is 1110 g/mol. The van der Waals surface area contributed by atoms with Gasteiger partial charge in [-0.3, -0.25) is 43.2 Å². The predicted octanol–water partition coefficient (Wildman–Crippen LogP) is 1.31. The minimum absolute atomic E-state index is 0.0269. The Kier molecular flexibility index (Phi) is 17.6. The van der Waals surface area contributed by atoms with E-state index in [0.717, 1.165) is 0 Å². The van der Waals surface area contributed by atoms with Gasteiger partial charge in [0.2, 0.25) is 11.7 Å². The number of hydrogen-bond acceptors (Lipinski definition) is 15. The molecule has 32 nitrogen and oxygen atoms in total. The van der Waals surface area contributed by atoms with Crippen LogP contribution < -0.4 is 53.6 Å². The number of nitrogens with two attached hydrogens (primary N) is 1. The molecule has 0 fully saturated rings. The minimum atomic E-state index is -1.15. The number of aliphatic hydroxyl groups excluding tert-OH is 1. The topological polar surface area (TPSA) is 414 Å².